The summed E-state index contributed by atoms with van der Waals surface area (Å²) in [6, 6.07) is 1.76. The van der Waals surface area contributed by atoms with Crippen LogP contribution in [-0.2, 0) is 11.2 Å². The zero-order valence-electron chi connectivity index (χ0n) is 9.86. The van der Waals surface area contributed by atoms with Crippen molar-refractivity contribution < 1.29 is 14.6 Å². The largest absolute Gasteiger partial charge is 0.465 e. The minimum absolute atomic E-state index is 0.139. The van der Waals surface area contributed by atoms with Crippen molar-refractivity contribution in [2.45, 2.75) is 20.3 Å². The number of carbonyl (C=O) groups is 1. The Labute approximate surface area is 95.3 Å². The van der Waals surface area contributed by atoms with Crippen molar-refractivity contribution >= 4 is 5.97 Å². The second-order valence-electron chi connectivity index (χ2n) is 3.97. The van der Waals surface area contributed by atoms with E-state index in [0.29, 0.717) is 12.0 Å². The molecule has 0 aliphatic carbocycles. The molecule has 16 heavy (non-hydrogen) atoms. The van der Waals surface area contributed by atoms with Crippen molar-refractivity contribution in [3.8, 4) is 0 Å². The zero-order valence-corrected chi connectivity index (χ0v) is 9.86. The summed E-state index contributed by atoms with van der Waals surface area (Å²) in [4.78, 5) is 15.5. The number of aliphatic hydroxyl groups excluding tert-OH is 1. The molecule has 1 aromatic rings. The Morgan fingerprint density at radius 1 is 1.62 bits per heavy atom. The number of aliphatic hydroxyl groups is 1. The Balaban J connectivity index is 2.87. The van der Waals surface area contributed by atoms with Gasteiger partial charge in [-0.05, 0) is 30.9 Å². The van der Waals surface area contributed by atoms with Crippen LogP contribution in [0.15, 0.2) is 12.3 Å². The lowest BCUT2D eigenvalue weighted by Crippen LogP contribution is -2.09. The highest BCUT2D eigenvalue weighted by atomic mass is 16.5. The van der Waals surface area contributed by atoms with E-state index in [1.54, 1.807) is 6.07 Å². The van der Waals surface area contributed by atoms with Gasteiger partial charge < -0.3 is 9.84 Å². The molecule has 0 amide bonds. The minimum atomic E-state index is -0.377. The lowest BCUT2D eigenvalue weighted by Gasteiger charge is -2.10. The summed E-state index contributed by atoms with van der Waals surface area (Å²) in [5.74, 6) is -0.201. The van der Waals surface area contributed by atoms with Gasteiger partial charge >= 0.3 is 5.97 Å². The molecule has 1 unspecified atom stereocenters. The molecule has 0 radical (unpaired) electrons. The standard InChI is InChI=1S/C12H17NO3/c1-8(7-14)4-11-9(2)5-10(6-13-11)12(15)16-3/h5-6,8,14H,4,7H2,1-3H3. The summed E-state index contributed by atoms with van der Waals surface area (Å²) in [6.07, 6.45) is 2.22. The molecular weight excluding hydrogens is 206 g/mol. The summed E-state index contributed by atoms with van der Waals surface area (Å²) in [5.41, 5.74) is 2.32. The van der Waals surface area contributed by atoms with Gasteiger partial charge in [0.15, 0.2) is 0 Å². The first kappa shape index (κ1) is 12.6. The average Bonchev–Trinajstić information content (AvgIpc) is 2.30. The molecule has 4 nitrogen and oxygen atoms in total. The number of pyridine rings is 1. The number of rotatable bonds is 4. The molecule has 1 aromatic heterocycles. The quantitative estimate of drug-likeness (QED) is 0.783. The third kappa shape index (κ3) is 3.03. The molecule has 1 rings (SSSR count). The normalized spacial score (nSPS) is 12.2. The summed E-state index contributed by atoms with van der Waals surface area (Å²) < 4.78 is 4.61. The Morgan fingerprint density at radius 2 is 2.31 bits per heavy atom. The molecule has 0 saturated carbocycles. The van der Waals surface area contributed by atoms with Crippen LogP contribution in [0.5, 0.6) is 0 Å². The van der Waals surface area contributed by atoms with E-state index in [9.17, 15) is 4.79 Å². The summed E-state index contributed by atoms with van der Waals surface area (Å²) in [6.45, 7) is 3.99. The Morgan fingerprint density at radius 3 is 2.81 bits per heavy atom. The number of nitrogens with zero attached hydrogens (tertiary/aromatic N) is 1. The van der Waals surface area contributed by atoms with Crippen molar-refractivity contribution in [2.75, 3.05) is 13.7 Å². The predicted molar refractivity (Wildman–Crippen MR) is 60.3 cm³/mol. The third-order valence-corrected chi connectivity index (χ3v) is 2.46. The minimum Gasteiger partial charge on any atom is -0.465 e. The highest BCUT2D eigenvalue weighted by Gasteiger charge is 2.10. The lowest BCUT2D eigenvalue weighted by atomic mass is 10.0. The fraction of sp³-hybridized carbons (Fsp3) is 0.500. The molecule has 0 fully saturated rings. The Kier molecular flexibility index (Phi) is 4.43. The van der Waals surface area contributed by atoms with Gasteiger partial charge in [-0.25, -0.2) is 4.79 Å². The number of aryl methyl sites for hydroxylation is 1. The van der Waals surface area contributed by atoms with Crippen LogP contribution in [0, 0.1) is 12.8 Å². The predicted octanol–water partition coefficient (Wildman–Crippen LogP) is 1.35. The van der Waals surface area contributed by atoms with Crippen LogP contribution in [0.2, 0.25) is 0 Å². The first-order valence-electron chi connectivity index (χ1n) is 5.23. The highest BCUT2D eigenvalue weighted by molar-refractivity contribution is 5.89. The molecule has 1 N–H and O–H groups in total. The van der Waals surface area contributed by atoms with E-state index in [4.69, 9.17) is 5.11 Å². The van der Waals surface area contributed by atoms with Gasteiger partial charge in [-0.3, -0.25) is 4.98 Å². The second kappa shape index (κ2) is 5.61. The maximum Gasteiger partial charge on any atom is 0.339 e. The molecule has 0 bridgehead atoms. The van der Waals surface area contributed by atoms with E-state index >= 15 is 0 Å². The molecule has 0 aromatic carbocycles. The molecular formula is C12H17NO3. The van der Waals surface area contributed by atoms with Gasteiger partial charge in [-0.1, -0.05) is 6.92 Å². The van der Waals surface area contributed by atoms with Crippen molar-refractivity contribution in [3.63, 3.8) is 0 Å². The Bertz CT molecular complexity index is 377. The molecule has 88 valence electrons. The fourth-order valence-corrected chi connectivity index (χ4v) is 1.44. The van der Waals surface area contributed by atoms with Crippen molar-refractivity contribution in [1.82, 2.24) is 4.98 Å². The highest BCUT2D eigenvalue weighted by Crippen LogP contribution is 2.13. The second-order valence-corrected chi connectivity index (χ2v) is 3.97. The van der Waals surface area contributed by atoms with E-state index in [1.807, 2.05) is 13.8 Å². The van der Waals surface area contributed by atoms with E-state index in [2.05, 4.69) is 9.72 Å². The van der Waals surface area contributed by atoms with Crippen LogP contribution in [0.3, 0.4) is 0 Å². The maximum absolute atomic E-state index is 11.3. The molecule has 0 spiro atoms. The van der Waals surface area contributed by atoms with E-state index in [-0.39, 0.29) is 18.5 Å². The van der Waals surface area contributed by atoms with Crippen LogP contribution in [-0.4, -0.2) is 29.8 Å². The van der Waals surface area contributed by atoms with Crippen molar-refractivity contribution in [3.05, 3.63) is 29.1 Å². The van der Waals surface area contributed by atoms with Crippen molar-refractivity contribution in [1.29, 1.82) is 0 Å². The molecule has 0 aliphatic rings. The van der Waals surface area contributed by atoms with Gasteiger partial charge in [0.1, 0.15) is 0 Å². The first-order chi connectivity index (χ1) is 7.58. The van der Waals surface area contributed by atoms with E-state index in [1.165, 1.54) is 13.3 Å². The number of aromatic nitrogens is 1. The monoisotopic (exact) mass is 223 g/mol. The number of hydrogen-bond donors (Lipinski definition) is 1. The summed E-state index contributed by atoms with van der Waals surface area (Å²) in [7, 11) is 1.35. The van der Waals surface area contributed by atoms with Gasteiger partial charge in [0.25, 0.3) is 0 Å². The molecule has 1 atom stereocenters. The number of hydrogen-bond acceptors (Lipinski definition) is 4. The summed E-state index contributed by atoms with van der Waals surface area (Å²) >= 11 is 0. The third-order valence-electron chi connectivity index (χ3n) is 2.46. The summed E-state index contributed by atoms with van der Waals surface area (Å²) in [5, 5.41) is 8.97. The van der Waals surface area contributed by atoms with Gasteiger partial charge in [0.2, 0.25) is 0 Å². The topological polar surface area (TPSA) is 59.4 Å². The SMILES string of the molecule is COC(=O)c1cnc(CC(C)CO)c(C)c1. The van der Waals surface area contributed by atoms with Crippen LogP contribution in [0.1, 0.15) is 28.5 Å². The van der Waals surface area contributed by atoms with E-state index in [0.717, 1.165) is 11.3 Å². The van der Waals surface area contributed by atoms with Crippen LogP contribution in [0.25, 0.3) is 0 Å². The fourth-order valence-electron chi connectivity index (χ4n) is 1.44. The molecule has 0 saturated heterocycles. The number of carbonyl (C=O) groups excluding carboxylic acids is 1. The average molecular weight is 223 g/mol. The lowest BCUT2D eigenvalue weighted by molar-refractivity contribution is 0.0600. The van der Waals surface area contributed by atoms with Crippen LogP contribution in [0.4, 0.5) is 0 Å². The smallest absolute Gasteiger partial charge is 0.339 e. The number of esters is 1. The first-order valence-corrected chi connectivity index (χ1v) is 5.23. The number of methoxy groups -OCH3 is 1. The molecule has 0 aliphatic heterocycles. The van der Waals surface area contributed by atoms with Gasteiger partial charge in [-0.15, -0.1) is 0 Å². The maximum atomic E-state index is 11.3. The van der Waals surface area contributed by atoms with Gasteiger partial charge in [-0.2, -0.15) is 0 Å². The van der Waals surface area contributed by atoms with Crippen molar-refractivity contribution in [2.24, 2.45) is 5.92 Å². The van der Waals surface area contributed by atoms with Gasteiger partial charge in [0.05, 0.1) is 12.7 Å². The molecule has 1 heterocycles. The zero-order chi connectivity index (χ0) is 12.1. The Hall–Kier alpha value is -1.42. The van der Waals surface area contributed by atoms with E-state index < -0.39 is 0 Å². The number of ether oxygens (including phenoxy) is 1. The van der Waals surface area contributed by atoms with Crippen LogP contribution >= 0.6 is 0 Å². The molecule has 4 heteroatoms. The van der Waals surface area contributed by atoms with Gasteiger partial charge in [0, 0.05) is 18.5 Å². The van der Waals surface area contributed by atoms with Crippen LogP contribution < -0.4 is 0 Å².